The van der Waals surface area contributed by atoms with Crippen LogP contribution in [0.2, 0.25) is 0 Å². The third-order valence-corrected chi connectivity index (χ3v) is 18.7. The number of hydrogen-bond donors (Lipinski definition) is 3. The highest BCUT2D eigenvalue weighted by Crippen LogP contribution is 2.43. The summed E-state index contributed by atoms with van der Waals surface area (Å²) in [5, 5.41) is 14.2. The van der Waals surface area contributed by atoms with Crippen LogP contribution in [0.3, 0.4) is 0 Å². The summed E-state index contributed by atoms with van der Waals surface area (Å²) in [5.74, 6) is -0.135. The minimum atomic E-state index is -4.33. The lowest BCUT2D eigenvalue weighted by atomic mass is 10.0. The lowest BCUT2D eigenvalue weighted by Crippen LogP contribution is -2.46. The quantitative estimate of drug-likeness (QED) is 0.0243. The molecule has 0 aromatic rings. The molecule has 8 nitrogen and oxygen atoms in total. The van der Waals surface area contributed by atoms with Gasteiger partial charge in [0.1, 0.15) is 13.2 Å². The van der Waals surface area contributed by atoms with E-state index in [1.54, 1.807) is 0 Å². The van der Waals surface area contributed by atoms with Crippen LogP contribution >= 0.6 is 7.82 Å². The topological polar surface area (TPSA) is 105 Å². The fourth-order valence-electron chi connectivity index (χ4n) is 11.9. The normalized spacial score (nSPS) is 13.6. The van der Waals surface area contributed by atoms with Crippen LogP contribution in [0, 0.1) is 0 Å². The van der Waals surface area contributed by atoms with Crippen LogP contribution in [0.5, 0.6) is 0 Å². The van der Waals surface area contributed by atoms with Gasteiger partial charge < -0.3 is 19.8 Å². The number of hydrogen-bond acceptors (Lipinski definition) is 5. The maximum Gasteiger partial charge on any atom is 0.472 e. The lowest BCUT2D eigenvalue weighted by Gasteiger charge is -2.26. The number of allylic oxidation sites excluding steroid dienone is 2. The Morgan fingerprint density at radius 1 is 0.398 bits per heavy atom. The van der Waals surface area contributed by atoms with Crippen LogP contribution < -0.4 is 5.32 Å². The summed E-state index contributed by atoms with van der Waals surface area (Å²) in [7, 11) is 1.64. The van der Waals surface area contributed by atoms with Gasteiger partial charge in [0.25, 0.3) is 0 Å². The van der Waals surface area contributed by atoms with E-state index in [2.05, 4.69) is 31.3 Å². The van der Waals surface area contributed by atoms with Crippen molar-refractivity contribution in [2.75, 3.05) is 40.9 Å². The van der Waals surface area contributed by atoms with Gasteiger partial charge in [-0.25, -0.2) is 4.57 Å². The Morgan fingerprint density at radius 2 is 0.651 bits per heavy atom. The molecule has 3 unspecified atom stereocenters. The molecule has 3 N–H and O–H groups in total. The third-order valence-electron chi connectivity index (χ3n) is 17.8. The van der Waals surface area contributed by atoms with Crippen molar-refractivity contribution in [1.29, 1.82) is 0 Å². The summed E-state index contributed by atoms with van der Waals surface area (Å²) < 4.78 is 23.9. The number of nitrogens with one attached hydrogen (secondary N) is 1. The first-order chi connectivity index (χ1) is 40.5. The minimum absolute atomic E-state index is 0.0783. The summed E-state index contributed by atoms with van der Waals surface area (Å²) in [4.78, 5) is 23.5. The summed E-state index contributed by atoms with van der Waals surface area (Å²) in [6.07, 6.45) is 84.9. The van der Waals surface area contributed by atoms with Crippen molar-refractivity contribution < 1.29 is 32.9 Å². The fourth-order valence-corrected chi connectivity index (χ4v) is 12.7. The van der Waals surface area contributed by atoms with Crippen molar-refractivity contribution in [3.05, 3.63) is 12.2 Å². The van der Waals surface area contributed by atoms with Crippen LogP contribution in [0.15, 0.2) is 12.2 Å². The van der Waals surface area contributed by atoms with E-state index in [1.807, 2.05) is 21.1 Å². The summed E-state index contributed by atoms with van der Waals surface area (Å²) in [5.41, 5.74) is 0. The van der Waals surface area contributed by atoms with Gasteiger partial charge in [0, 0.05) is 6.42 Å². The Balaban J connectivity index is 3.89. The van der Waals surface area contributed by atoms with Gasteiger partial charge in [-0.1, -0.05) is 373 Å². The van der Waals surface area contributed by atoms with E-state index < -0.39 is 20.0 Å². The molecule has 9 heteroatoms. The maximum absolute atomic E-state index is 13.1. The van der Waals surface area contributed by atoms with Crippen molar-refractivity contribution in [3.63, 3.8) is 0 Å². The highest BCUT2D eigenvalue weighted by molar-refractivity contribution is 7.47. The SMILES string of the molecule is CCCCCCCCCCCCCCCCCCCC/C=C\CCCCCCCCCCCCCCCCCCCC(=O)NC(COP(=O)(O)OCC[N+](C)(C)C)C(O)CCCCCCCCCCCCCCCCCCCCCCCC. The summed E-state index contributed by atoms with van der Waals surface area (Å²) in [6.45, 7) is 4.96. The summed E-state index contributed by atoms with van der Waals surface area (Å²) >= 11 is 0. The second-order valence-electron chi connectivity index (χ2n) is 27.4. The largest absolute Gasteiger partial charge is 0.472 e. The number of phosphoric ester groups is 1. The molecule has 0 aliphatic rings. The van der Waals surface area contributed by atoms with E-state index >= 15 is 0 Å². The number of likely N-dealkylation sites (N-methyl/N-ethyl adjacent to an activating group) is 1. The zero-order valence-electron chi connectivity index (χ0n) is 57.0. The van der Waals surface area contributed by atoms with E-state index in [9.17, 15) is 19.4 Å². The number of aliphatic hydroxyl groups is 1. The number of carbonyl (C=O) groups is 1. The van der Waals surface area contributed by atoms with Gasteiger partial charge in [-0.2, -0.15) is 0 Å². The first kappa shape index (κ1) is 82.2. The molecule has 0 rings (SSSR count). The van der Waals surface area contributed by atoms with Crippen LogP contribution in [-0.4, -0.2) is 73.4 Å². The minimum Gasteiger partial charge on any atom is -0.391 e. The van der Waals surface area contributed by atoms with E-state index in [0.29, 0.717) is 23.9 Å². The number of phosphoric acid groups is 1. The fraction of sp³-hybridized carbons (Fsp3) is 0.959. The molecule has 83 heavy (non-hydrogen) atoms. The Labute approximate surface area is 520 Å². The Hall–Kier alpha value is -0.760. The van der Waals surface area contributed by atoms with Gasteiger partial charge in [0.05, 0.1) is 39.9 Å². The average molecular weight is 1190 g/mol. The molecule has 496 valence electrons. The van der Waals surface area contributed by atoms with Gasteiger partial charge >= 0.3 is 7.82 Å². The van der Waals surface area contributed by atoms with Crippen molar-refractivity contribution in [1.82, 2.24) is 5.32 Å². The highest BCUT2D eigenvalue weighted by Gasteiger charge is 2.28. The van der Waals surface area contributed by atoms with Gasteiger partial charge in [0.2, 0.25) is 5.91 Å². The van der Waals surface area contributed by atoms with Crippen LogP contribution in [0.4, 0.5) is 0 Å². The molecule has 0 saturated carbocycles. The molecule has 1 amide bonds. The van der Waals surface area contributed by atoms with Crippen molar-refractivity contribution >= 4 is 13.7 Å². The molecule has 0 aliphatic heterocycles. The predicted octanol–water partition coefficient (Wildman–Crippen LogP) is 24.1. The van der Waals surface area contributed by atoms with E-state index in [-0.39, 0.29) is 19.1 Å². The molecule has 0 heterocycles. The predicted molar refractivity (Wildman–Crippen MR) is 365 cm³/mol. The van der Waals surface area contributed by atoms with Gasteiger partial charge in [-0.3, -0.25) is 13.8 Å². The number of nitrogens with zero attached hydrogens (tertiary/aromatic N) is 1. The number of aliphatic hydroxyl groups excluding tert-OH is 1. The number of unbranched alkanes of at least 4 members (excludes halogenated alkanes) is 56. The first-order valence-corrected chi connectivity index (χ1v) is 39.0. The number of carbonyl (C=O) groups excluding carboxylic acids is 1. The highest BCUT2D eigenvalue weighted by atomic mass is 31.2. The van der Waals surface area contributed by atoms with Crippen LogP contribution in [0.25, 0.3) is 0 Å². The molecule has 0 aliphatic carbocycles. The van der Waals surface area contributed by atoms with Crippen molar-refractivity contribution in [3.8, 4) is 0 Å². The molecular weight excluding hydrogens is 1040 g/mol. The Kier molecular flexibility index (Phi) is 65.1. The molecule has 0 saturated heterocycles. The lowest BCUT2D eigenvalue weighted by molar-refractivity contribution is -0.870. The molecule has 0 radical (unpaired) electrons. The van der Waals surface area contributed by atoms with Crippen LogP contribution in [-0.2, 0) is 18.4 Å². The second-order valence-corrected chi connectivity index (χ2v) is 28.8. The molecule has 0 spiro atoms. The molecule has 0 bridgehead atoms. The second kappa shape index (κ2) is 65.7. The van der Waals surface area contributed by atoms with Gasteiger partial charge in [0.15, 0.2) is 0 Å². The number of quaternary nitrogens is 1. The van der Waals surface area contributed by atoms with Crippen LogP contribution in [0.1, 0.15) is 406 Å². The smallest absolute Gasteiger partial charge is 0.391 e. The average Bonchev–Trinajstić information content (AvgIpc) is 3.50. The third kappa shape index (κ3) is 68.6. The first-order valence-electron chi connectivity index (χ1n) is 37.6. The summed E-state index contributed by atoms with van der Waals surface area (Å²) in [6, 6.07) is -0.759. The monoisotopic (exact) mass is 1190 g/mol. The van der Waals surface area contributed by atoms with E-state index in [4.69, 9.17) is 9.05 Å². The van der Waals surface area contributed by atoms with Crippen molar-refractivity contribution in [2.24, 2.45) is 0 Å². The molecule has 3 atom stereocenters. The van der Waals surface area contributed by atoms with E-state index in [1.165, 1.54) is 340 Å². The van der Waals surface area contributed by atoms with E-state index in [0.717, 1.165) is 38.5 Å². The number of amides is 1. The molecule has 0 fully saturated rings. The Morgan fingerprint density at radius 3 is 0.928 bits per heavy atom. The molecule has 0 aromatic carbocycles. The number of rotatable bonds is 71. The standard InChI is InChI=1S/C74H149N2O6P/c1-6-8-10-12-14-16-18-20-22-24-26-28-30-31-32-33-34-35-36-37-38-39-40-41-42-43-44-45-46-48-50-52-54-56-58-60-62-64-66-68-74(78)75-72(71-82-83(79,80)81-70-69-76(3,4)5)73(77)67-65-63-61-59-57-55-53-51-49-47-29-27-25-23-21-19-17-15-13-11-9-7-2/h37-38,72-73,77H,6-36,39-71H2,1-5H3,(H-,75,78,79,80)/p+1/b38-37-. The maximum atomic E-state index is 13.1. The molecular formula is C74H150N2O6P+. The molecule has 0 aromatic heterocycles. The zero-order valence-corrected chi connectivity index (χ0v) is 57.9. The zero-order chi connectivity index (χ0) is 60.5. The Bertz CT molecular complexity index is 1360. The van der Waals surface area contributed by atoms with Gasteiger partial charge in [-0.05, 0) is 38.5 Å². The van der Waals surface area contributed by atoms with Gasteiger partial charge in [-0.15, -0.1) is 0 Å². The van der Waals surface area contributed by atoms with Crippen molar-refractivity contribution in [2.45, 2.75) is 418 Å².